The van der Waals surface area contributed by atoms with Gasteiger partial charge >= 0.3 is 6.03 Å². The predicted octanol–water partition coefficient (Wildman–Crippen LogP) is 2.66. The molecule has 82 valence electrons. The molecule has 0 atom stereocenters. The van der Waals surface area contributed by atoms with Gasteiger partial charge in [-0.15, -0.1) is 0 Å². The van der Waals surface area contributed by atoms with Crippen molar-refractivity contribution in [1.29, 1.82) is 0 Å². The van der Waals surface area contributed by atoms with Crippen molar-refractivity contribution in [3.63, 3.8) is 0 Å². The zero-order valence-electron chi connectivity index (χ0n) is 9.10. The quantitative estimate of drug-likeness (QED) is 0.774. The molecule has 0 spiro atoms. The molecule has 2 N–H and O–H groups in total. The standard InChI is InChI=1S/C11H15FN2O/c1-7(2)13-11(15)14-9-4-5-10(12)8(3)6-9/h4-7H,1-3H3,(H2,13,14,15). The molecule has 0 fully saturated rings. The first-order chi connectivity index (χ1) is 6.99. The van der Waals surface area contributed by atoms with Crippen LogP contribution in [0.5, 0.6) is 0 Å². The first-order valence-electron chi connectivity index (χ1n) is 4.82. The smallest absolute Gasteiger partial charge is 0.319 e. The number of anilines is 1. The van der Waals surface area contributed by atoms with E-state index in [2.05, 4.69) is 10.6 Å². The van der Waals surface area contributed by atoms with Crippen LogP contribution in [0.4, 0.5) is 14.9 Å². The summed E-state index contributed by atoms with van der Waals surface area (Å²) >= 11 is 0. The van der Waals surface area contributed by atoms with Crippen LogP contribution < -0.4 is 10.6 Å². The molecule has 1 aromatic carbocycles. The molecule has 1 aromatic rings. The Morgan fingerprint density at radius 1 is 1.40 bits per heavy atom. The summed E-state index contributed by atoms with van der Waals surface area (Å²) in [5.74, 6) is -0.273. The number of hydrogen-bond acceptors (Lipinski definition) is 1. The highest BCUT2D eigenvalue weighted by Crippen LogP contribution is 2.13. The largest absolute Gasteiger partial charge is 0.336 e. The number of halogens is 1. The van der Waals surface area contributed by atoms with E-state index in [1.165, 1.54) is 12.1 Å². The van der Waals surface area contributed by atoms with Crippen molar-refractivity contribution in [3.8, 4) is 0 Å². The van der Waals surface area contributed by atoms with Gasteiger partial charge in [0.25, 0.3) is 0 Å². The Morgan fingerprint density at radius 3 is 2.60 bits per heavy atom. The number of carbonyl (C=O) groups excluding carboxylic acids is 1. The van der Waals surface area contributed by atoms with E-state index in [-0.39, 0.29) is 17.9 Å². The number of carbonyl (C=O) groups is 1. The van der Waals surface area contributed by atoms with Crippen LogP contribution in [-0.2, 0) is 0 Å². The minimum atomic E-state index is -0.281. The van der Waals surface area contributed by atoms with Gasteiger partial charge in [0.2, 0.25) is 0 Å². The molecule has 0 radical (unpaired) electrons. The fourth-order valence-corrected chi connectivity index (χ4v) is 1.15. The molecule has 0 saturated heterocycles. The number of rotatable bonds is 2. The molecule has 0 heterocycles. The summed E-state index contributed by atoms with van der Waals surface area (Å²) in [4.78, 5) is 11.3. The molecule has 15 heavy (non-hydrogen) atoms. The molecule has 0 aliphatic rings. The van der Waals surface area contributed by atoms with E-state index >= 15 is 0 Å². The van der Waals surface area contributed by atoms with Crippen molar-refractivity contribution in [2.45, 2.75) is 26.8 Å². The lowest BCUT2D eigenvalue weighted by Crippen LogP contribution is -2.34. The van der Waals surface area contributed by atoms with Gasteiger partial charge in [-0.2, -0.15) is 0 Å². The summed E-state index contributed by atoms with van der Waals surface area (Å²) in [6.07, 6.45) is 0. The Kier molecular flexibility index (Phi) is 3.66. The molecule has 1 rings (SSSR count). The molecule has 4 heteroatoms. The van der Waals surface area contributed by atoms with Crippen LogP contribution in [0, 0.1) is 12.7 Å². The summed E-state index contributed by atoms with van der Waals surface area (Å²) in [6, 6.07) is 4.25. The molecule has 0 unspecified atom stereocenters. The Balaban J connectivity index is 2.65. The molecular formula is C11H15FN2O. The van der Waals surface area contributed by atoms with Crippen molar-refractivity contribution < 1.29 is 9.18 Å². The van der Waals surface area contributed by atoms with E-state index in [0.717, 1.165) is 0 Å². The van der Waals surface area contributed by atoms with Gasteiger partial charge in [0.15, 0.2) is 0 Å². The minimum absolute atomic E-state index is 0.0755. The van der Waals surface area contributed by atoms with Crippen molar-refractivity contribution in [2.24, 2.45) is 0 Å². The Morgan fingerprint density at radius 2 is 2.07 bits per heavy atom. The van der Waals surface area contributed by atoms with Gasteiger partial charge in [-0.25, -0.2) is 9.18 Å². The van der Waals surface area contributed by atoms with Gasteiger partial charge in [0.05, 0.1) is 0 Å². The fraction of sp³-hybridized carbons (Fsp3) is 0.364. The van der Waals surface area contributed by atoms with Gasteiger partial charge in [-0.05, 0) is 44.5 Å². The summed E-state index contributed by atoms with van der Waals surface area (Å²) < 4.78 is 12.9. The predicted molar refractivity (Wildman–Crippen MR) is 58.4 cm³/mol. The van der Waals surface area contributed by atoms with Crippen molar-refractivity contribution >= 4 is 11.7 Å². The van der Waals surface area contributed by atoms with Crippen LogP contribution in [0.25, 0.3) is 0 Å². The molecule has 0 bridgehead atoms. The van der Waals surface area contributed by atoms with Gasteiger partial charge in [-0.1, -0.05) is 0 Å². The number of urea groups is 1. The van der Waals surface area contributed by atoms with Crippen LogP contribution in [0.3, 0.4) is 0 Å². The van der Waals surface area contributed by atoms with E-state index in [1.807, 2.05) is 13.8 Å². The van der Waals surface area contributed by atoms with Gasteiger partial charge < -0.3 is 10.6 Å². The molecule has 0 aromatic heterocycles. The van der Waals surface area contributed by atoms with E-state index in [0.29, 0.717) is 11.3 Å². The average Bonchev–Trinajstić information content (AvgIpc) is 2.10. The third-order valence-electron chi connectivity index (χ3n) is 1.84. The highest BCUT2D eigenvalue weighted by molar-refractivity contribution is 5.89. The third kappa shape index (κ3) is 3.58. The Labute approximate surface area is 88.7 Å². The molecular weight excluding hydrogens is 195 g/mol. The summed E-state index contributed by atoms with van der Waals surface area (Å²) in [7, 11) is 0. The maximum absolute atomic E-state index is 12.9. The van der Waals surface area contributed by atoms with E-state index in [9.17, 15) is 9.18 Å². The molecule has 0 aliphatic heterocycles. The Hall–Kier alpha value is -1.58. The maximum atomic E-state index is 12.9. The van der Waals surface area contributed by atoms with Crippen LogP contribution in [-0.4, -0.2) is 12.1 Å². The lowest BCUT2D eigenvalue weighted by Gasteiger charge is -2.10. The second-order valence-corrected chi connectivity index (χ2v) is 3.72. The Bertz CT molecular complexity index is 364. The number of aryl methyl sites for hydroxylation is 1. The van der Waals surface area contributed by atoms with Crippen molar-refractivity contribution in [2.75, 3.05) is 5.32 Å². The van der Waals surface area contributed by atoms with Gasteiger partial charge in [0.1, 0.15) is 5.82 Å². The highest BCUT2D eigenvalue weighted by atomic mass is 19.1. The minimum Gasteiger partial charge on any atom is -0.336 e. The zero-order chi connectivity index (χ0) is 11.4. The second-order valence-electron chi connectivity index (χ2n) is 3.72. The lowest BCUT2D eigenvalue weighted by molar-refractivity contribution is 0.250. The lowest BCUT2D eigenvalue weighted by atomic mass is 10.2. The molecule has 2 amide bonds. The van der Waals surface area contributed by atoms with Crippen LogP contribution in [0.1, 0.15) is 19.4 Å². The van der Waals surface area contributed by atoms with E-state index in [1.54, 1.807) is 13.0 Å². The summed E-state index contributed by atoms with van der Waals surface area (Å²) in [5, 5.41) is 5.31. The normalized spacial score (nSPS) is 10.2. The van der Waals surface area contributed by atoms with Gasteiger partial charge in [0, 0.05) is 11.7 Å². The topological polar surface area (TPSA) is 41.1 Å². The molecule has 0 saturated carbocycles. The van der Waals surface area contributed by atoms with Crippen molar-refractivity contribution in [3.05, 3.63) is 29.6 Å². The SMILES string of the molecule is Cc1cc(NC(=O)NC(C)C)ccc1F. The summed E-state index contributed by atoms with van der Waals surface area (Å²) in [5.41, 5.74) is 1.10. The molecule has 3 nitrogen and oxygen atoms in total. The number of hydrogen-bond donors (Lipinski definition) is 2. The summed E-state index contributed by atoms with van der Waals surface area (Å²) in [6.45, 7) is 5.39. The average molecular weight is 210 g/mol. The zero-order valence-corrected chi connectivity index (χ0v) is 9.10. The first-order valence-corrected chi connectivity index (χ1v) is 4.82. The van der Waals surface area contributed by atoms with Crippen molar-refractivity contribution in [1.82, 2.24) is 5.32 Å². The number of benzene rings is 1. The van der Waals surface area contributed by atoms with Crippen LogP contribution >= 0.6 is 0 Å². The van der Waals surface area contributed by atoms with Gasteiger partial charge in [-0.3, -0.25) is 0 Å². The van der Waals surface area contributed by atoms with Crippen LogP contribution in [0.15, 0.2) is 18.2 Å². The van der Waals surface area contributed by atoms with Crippen LogP contribution in [0.2, 0.25) is 0 Å². The fourth-order valence-electron chi connectivity index (χ4n) is 1.15. The maximum Gasteiger partial charge on any atom is 0.319 e. The van der Waals surface area contributed by atoms with E-state index < -0.39 is 0 Å². The monoisotopic (exact) mass is 210 g/mol. The molecule has 0 aliphatic carbocycles. The van der Waals surface area contributed by atoms with E-state index in [4.69, 9.17) is 0 Å². The second kappa shape index (κ2) is 4.77. The number of nitrogens with one attached hydrogen (secondary N) is 2. The number of amides is 2. The first kappa shape index (κ1) is 11.5. The highest BCUT2D eigenvalue weighted by Gasteiger charge is 2.04. The third-order valence-corrected chi connectivity index (χ3v) is 1.84.